The molecule has 4 aromatic rings. The molecule has 0 saturated carbocycles. The number of halogens is 3. The van der Waals surface area contributed by atoms with Crippen molar-refractivity contribution in [3.8, 4) is 5.75 Å². The molecule has 0 atom stereocenters. The molecule has 0 aliphatic heterocycles. The van der Waals surface area contributed by atoms with Crippen molar-refractivity contribution in [2.75, 3.05) is 0 Å². The van der Waals surface area contributed by atoms with E-state index in [-0.39, 0.29) is 0 Å². The molecule has 3 aromatic carbocycles. The third kappa shape index (κ3) is 6.68. The lowest BCUT2D eigenvalue weighted by molar-refractivity contribution is -0.646. The van der Waals surface area contributed by atoms with Crippen molar-refractivity contribution in [3.05, 3.63) is 101 Å². The Bertz CT molecular complexity index is 1480. The highest BCUT2D eigenvalue weighted by Crippen LogP contribution is 2.29. The van der Waals surface area contributed by atoms with E-state index >= 15 is 0 Å². The Balaban J connectivity index is 0.000000214. The molecule has 1 heterocycles. The van der Waals surface area contributed by atoms with E-state index in [1.165, 1.54) is 10.9 Å². The fourth-order valence-corrected chi connectivity index (χ4v) is 3.77. The molecule has 35 heavy (non-hydrogen) atoms. The summed E-state index contributed by atoms with van der Waals surface area (Å²) < 4.78 is 69.2. The van der Waals surface area contributed by atoms with Crippen molar-refractivity contribution >= 4 is 33.2 Å². The van der Waals surface area contributed by atoms with Crippen molar-refractivity contribution in [3.63, 3.8) is 0 Å². The predicted molar refractivity (Wildman–Crippen MR) is 126 cm³/mol. The maximum atomic E-state index is 12.0. The van der Waals surface area contributed by atoms with Gasteiger partial charge in [-0.15, -0.1) is 0 Å². The third-order valence-electron chi connectivity index (χ3n) is 5.26. The van der Waals surface area contributed by atoms with Gasteiger partial charge in [-0.3, -0.25) is 0 Å². The van der Waals surface area contributed by atoms with Gasteiger partial charge in [-0.1, -0.05) is 18.2 Å². The summed E-state index contributed by atoms with van der Waals surface area (Å²) in [6.07, 6.45) is -0.375. The first-order valence-corrected chi connectivity index (χ1v) is 11.8. The lowest BCUT2D eigenvalue weighted by Crippen LogP contribution is -2.32. The Morgan fingerprint density at radius 1 is 0.914 bits per heavy atom. The fraction of sp³-hybridized carbons (Fsp3) is 0.115. The molecule has 9 heteroatoms. The van der Waals surface area contributed by atoms with E-state index in [1.54, 1.807) is 6.07 Å². The molecular weight excluding hydrogens is 479 g/mol. The number of aryl methyl sites for hydroxylation is 2. The number of aromatic nitrogens is 1. The van der Waals surface area contributed by atoms with Crippen LogP contribution >= 0.6 is 0 Å². The van der Waals surface area contributed by atoms with Gasteiger partial charge in [-0.2, -0.15) is 17.7 Å². The normalized spacial score (nSPS) is 11.9. The first-order chi connectivity index (χ1) is 16.4. The van der Waals surface area contributed by atoms with Crippen LogP contribution < -0.4 is 4.57 Å². The maximum absolute atomic E-state index is 12.0. The quantitative estimate of drug-likeness (QED) is 0.299. The lowest BCUT2D eigenvalue weighted by Gasteiger charge is -2.09. The number of fused-ring (bicyclic) bond motifs is 1. The van der Waals surface area contributed by atoms with Crippen LogP contribution in [-0.4, -0.2) is 18.1 Å². The average molecular weight is 502 g/mol. The van der Waals surface area contributed by atoms with Gasteiger partial charge < -0.3 is 9.66 Å². The third-order valence-corrected chi connectivity index (χ3v) is 6.11. The van der Waals surface area contributed by atoms with Gasteiger partial charge in [0.2, 0.25) is 11.2 Å². The number of phenolic OH excluding ortho intramolecular Hbond substituents is 1. The van der Waals surface area contributed by atoms with Crippen LogP contribution in [0.5, 0.6) is 5.75 Å². The highest BCUT2D eigenvalue weighted by molar-refractivity contribution is 7.85. The minimum atomic E-state index is -4.68. The molecule has 0 bridgehead atoms. The number of nitrogens with zero attached hydrogens (tertiary/aromatic N) is 1. The summed E-state index contributed by atoms with van der Waals surface area (Å²) in [7, 11) is -2.61. The SMILES string of the molecule is Cc1cc(C=Cc2ccc3ccccc3[n+]2C)ccc1O.O=S(=O)([O-])c1ccc(C(F)(F)F)cc1. The number of hydrogen-bond acceptors (Lipinski definition) is 4. The minimum Gasteiger partial charge on any atom is -0.744 e. The number of pyridine rings is 1. The molecule has 4 rings (SSSR count). The van der Waals surface area contributed by atoms with Crippen LogP contribution in [0.3, 0.4) is 0 Å². The summed E-state index contributed by atoms with van der Waals surface area (Å²) in [5, 5.41) is 10.8. The number of para-hydroxylation sites is 1. The van der Waals surface area contributed by atoms with Crippen LogP contribution in [0.2, 0.25) is 0 Å². The largest absolute Gasteiger partial charge is 0.744 e. The molecule has 0 saturated heterocycles. The van der Waals surface area contributed by atoms with Crippen molar-refractivity contribution in [2.24, 2.45) is 7.05 Å². The molecule has 0 spiro atoms. The number of benzene rings is 3. The molecule has 0 aliphatic rings. The zero-order chi connectivity index (χ0) is 25.8. The van der Waals surface area contributed by atoms with Gasteiger partial charge >= 0.3 is 6.18 Å². The molecule has 0 fully saturated rings. The van der Waals surface area contributed by atoms with Crippen LogP contribution in [0.25, 0.3) is 23.1 Å². The van der Waals surface area contributed by atoms with Gasteiger partial charge in [0.1, 0.15) is 22.9 Å². The van der Waals surface area contributed by atoms with Gasteiger partial charge in [-0.25, -0.2) is 8.42 Å². The van der Waals surface area contributed by atoms with Crippen molar-refractivity contribution < 1.29 is 35.8 Å². The second-order valence-electron chi connectivity index (χ2n) is 7.73. The maximum Gasteiger partial charge on any atom is 0.416 e. The molecule has 182 valence electrons. The van der Waals surface area contributed by atoms with Gasteiger partial charge in [0, 0.05) is 23.6 Å². The highest BCUT2D eigenvalue weighted by atomic mass is 32.2. The van der Waals surface area contributed by atoms with Crippen molar-refractivity contribution in [1.29, 1.82) is 0 Å². The Morgan fingerprint density at radius 3 is 2.17 bits per heavy atom. The van der Waals surface area contributed by atoms with Gasteiger partial charge in [0.25, 0.3) is 0 Å². The van der Waals surface area contributed by atoms with Crippen LogP contribution in [0.4, 0.5) is 13.2 Å². The minimum absolute atomic E-state index is 0.336. The van der Waals surface area contributed by atoms with Crippen molar-refractivity contribution in [1.82, 2.24) is 0 Å². The first-order valence-electron chi connectivity index (χ1n) is 10.3. The number of phenols is 1. The monoisotopic (exact) mass is 501 g/mol. The zero-order valence-electron chi connectivity index (χ0n) is 18.8. The summed E-state index contributed by atoms with van der Waals surface area (Å²) in [6, 6.07) is 20.6. The van der Waals surface area contributed by atoms with Crippen LogP contribution in [0.15, 0.2) is 83.8 Å². The number of rotatable bonds is 3. The Hall–Kier alpha value is -3.69. The standard InChI is InChI=1S/C19H17NO.C7H5F3O3S/c1-14-13-15(8-12-19(14)21)7-10-17-11-9-16-5-3-4-6-18(16)20(17)2;8-7(9,10)5-1-3-6(4-2-5)14(11,12)13/h3-13H,1-2H3;1-4H,(H,11,12,13). The van der Waals surface area contributed by atoms with E-state index in [0.717, 1.165) is 16.8 Å². The topological polar surface area (TPSA) is 81.3 Å². The Labute approximate surface area is 201 Å². The zero-order valence-corrected chi connectivity index (χ0v) is 19.6. The van der Waals surface area contributed by atoms with Crippen LogP contribution in [0.1, 0.15) is 22.4 Å². The Morgan fingerprint density at radius 2 is 1.57 bits per heavy atom. The van der Waals surface area contributed by atoms with E-state index in [2.05, 4.69) is 60.2 Å². The van der Waals surface area contributed by atoms with E-state index in [1.807, 2.05) is 19.1 Å². The fourth-order valence-electron chi connectivity index (χ4n) is 3.30. The number of aromatic hydroxyl groups is 1. The van der Waals surface area contributed by atoms with E-state index in [0.29, 0.717) is 30.0 Å². The lowest BCUT2D eigenvalue weighted by atomic mass is 10.1. The van der Waals surface area contributed by atoms with Gasteiger partial charge in [0.15, 0.2) is 0 Å². The molecule has 0 amide bonds. The summed E-state index contributed by atoms with van der Waals surface area (Å²) in [5.74, 6) is 0.336. The molecular formula is C26H22F3NO4S. The average Bonchev–Trinajstić information content (AvgIpc) is 2.80. The number of hydrogen-bond donors (Lipinski definition) is 1. The second kappa shape index (κ2) is 10.3. The predicted octanol–water partition coefficient (Wildman–Crippen LogP) is 5.46. The van der Waals surface area contributed by atoms with Gasteiger partial charge in [-0.05, 0) is 72.7 Å². The van der Waals surface area contributed by atoms with Crippen LogP contribution in [-0.2, 0) is 23.3 Å². The van der Waals surface area contributed by atoms with Crippen molar-refractivity contribution in [2.45, 2.75) is 18.0 Å². The first kappa shape index (κ1) is 25.9. The van der Waals surface area contributed by atoms with E-state index in [9.17, 15) is 31.2 Å². The molecule has 0 aliphatic carbocycles. The summed E-state index contributed by atoms with van der Waals surface area (Å²) in [4.78, 5) is -0.675. The smallest absolute Gasteiger partial charge is 0.416 e. The molecule has 0 radical (unpaired) electrons. The van der Waals surface area contributed by atoms with Crippen LogP contribution in [0, 0.1) is 6.92 Å². The van der Waals surface area contributed by atoms with E-state index < -0.39 is 26.8 Å². The number of alkyl halides is 3. The summed E-state index contributed by atoms with van der Waals surface area (Å²) in [5.41, 5.74) is 3.32. The Kier molecular flexibility index (Phi) is 7.62. The summed E-state index contributed by atoms with van der Waals surface area (Å²) in [6.45, 7) is 1.91. The summed E-state index contributed by atoms with van der Waals surface area (Å²) >= 11 is 0. The van der Waals surface area contributed by atoms with Gasteiger partial charge in [0.05, 0.1) is 10.5 Å². The molecule has 1 N–H and O–H groups in total. The highest BCUT2D eigenvalue weighted by Gasteiger charge is 2.30. The molecule has 5 nitrogen and oxygen atoms in total. The molecule has 1 aromatic heterocycles. The molecule has 0 unspecified atom stereocenters. The second-order valence-corrected chi connectivity index (χ2v) is 9.11. The van der Waals surface area contributed by atoms with E-state index in [4.69, 9.17) is 0 Å².